The van der Waals surface area contributed by atoms with Gasteiger partial charge in [0.05, 0.1) is 33.4 Å². The molecule has 0 radical (unpaired) electrons. The zero-order chi connectivity index (χ0) is 17.9. The minimum absolute atomic E-state index is 0.155. The van der Waals surface area contributed by atoms with Crippen LogP contribution in [0.1, 0.15) is 33.4 Å². The number of hydrogen-bond donors (Lipinski definition) is 0. The fourth-order valence-electron chi connectivity index (χ4n) is 1.72. The third kappa shape index (κ3) is 3.73. The van der Waals surface area contributed by atoms with E-state index >= 15 is 0 Å². The van der Waals surface area contributed by atoms with Crippen LogP contribution in [0.3, 0.4) is 0 Å². The molecule has 108 valence electrons. The lowest BCUT2D eigenvalue weighted by molar-refractivity contribution is 1.39. The maximum Gasteiger partial charge on any atom is 0.102 e. The molecular weight excluding hydrogens is 300 g/mol. The number of nitriles is 6. The highest BCUT2D eigenvalue weighted by molar-refractivity contribution is 5.55. The Morgan fingerprint density at radius 1 is 0.417 bits per heavy atom. The standard InChI is InChI=1S/2C9H3N3/c2*10-4-7-2-1-3-8(5-11)9(7)6-12/h2*1-3H. The van der Waals surface area contributed by atoms with Crippen LogP contribution in [0.2, 0.25) is 0 Å². The summed E-state index contributed by atoms with van der Waals surface area (Å²) in [6, 6.07) is 20.2. The lowest BCUT2D eigenvalue weighted by atomic mass is 10.0. The molecule has 0 N–H and O–H groups in total. The quantitative estimate of drug-likeness (QED) is 0.731. The van der Waals surface area contributed by atoms with Crippen LogP contribution in [0, 0.1) is 68.0 Å². The van der Waals surface area contributed by atoms with E-state index in [2.05, 4.69) is 0 Å². The molecule has 0 amide bonds. The predicted molar refractivity (Wildman–Crippen MR) is 81.2 cm³/mol. The van der Waals surface area contributed by atoms with Crippen molar-refractivity contribution in [2.45, 2.75) is 0 Å². The molecule has 0 bridgehead atoms. The summed E-state index contributed by atoms with van der Waals surface area (Å²) in [6.07, 6.45) is 0. The van der Waals surface area contributed by atoms with Gasteiger partial charge >= 0.3 is 0 Å². The monoisotopic (exact) mass is 306 g/mol. The Bertz CT molecular complexity index is 874. The van der Waals surface area contributed by atoms with Crippen molar-refractivity contribution in [1.29, 1.82) is 31.6 Å². The lowest BCUT2D eigenvalue weighted by Crippen LogP contribution is -1.87. The highest BCUT2D eigenvalue weighted by atomic mass is 14.3. The zero-order valence-corrected chi connectivity index (χ0v) is 12.1. The molecule has 6 nitrogen and oxygen atoms in total. The Labute approximate surface area is 138 Å². The highest BCUT2D eigenvalue weighted by Crippen LogP contribution is 2.12. The maximum atomic E-state index is 8.61. The zero-order valence-electron chi connectivity index (χ0n) is 12.1. The molecule has 0 saturated heterocycles. The Balaban J connectivity index is 0.000000240. The number of hydrogen-bond acceptors (Lipinski definition) is 6. The van der Waals surface area contributed by atoms with Gasteiger partial charge in [0.1, 0.15) is 36.4 Å². The lowest BCUT2D eigenvalue weighted by Gasteiger charge is -1.93. The summed E-state index contributed by atoms with van der Waals surface area (Å²) in [5.41, 5.74) is 1.30. The average Bonchev–Trinajstić information content (AvgIpc) is 2.66. The summed E-state index contributed by atoms with van der Waals surface area (Å²) in [4.78, 5) is 0. The maximum absolute atomic E-state index is 8.61. The first-order valence-corrected chi connectivity index (χ1v) is 6.33. The Hall–Kier alpha value is -4.62. The summed E-state index contributed by atoms with van der Waals surface area (Å²) >= 11 is 0. The second-order valence-corrected chi connectivity index (χ2v) is 4.13. The van der Waals surface area contributed by atoms with Gasteiger partial charge in [0, 0.05) is 0 Å². The normalized spacial score (nSPS) is 7.75. The Morgan fingerprint density at radius 3 is 0.833 bits per heavy atom. The molecule has 24 heavy (non-hydrogen) atoms. The van der Waals surface area contributed by atoms with Crippen LogP contribution >= 0.6 is 0 Å². The smallest absolute Gasteiger partial charge is 0.102 e. The van der Waals surface area contributed by atoms with Crippen molar-refractivity contribution in [1.82, 2.24) is 0 Å². The van der Waals surface area contributed by atoms with Crippen molar-refractivity contribution < 1.29 is 0 Å². The molecular formula is C18H6N6. The Morgan fingerprint density at radius 2 is 0.667 bits per heavy atom. The van der Waals surface area contributed by atoms with Gasteiger partial charge in [-0.1, -0.05) is 12.1 Å². The highest BCUT2D eigenvalue weighted by Gasteiger charge is 2.06. The van der Waals surface area contributed by atoms with E-state index in [1.807, 2.05) is 36.4 Å². The third-order valence-corrected chi connectivity index (χ3v) is 2.83. The van der Waals surface area contributed by atoms with E-state index in [4.69, 9.17) is 31.6 Å². The van der Waals surface area contributed by atoms with Gasteiger partial charge in [-0.25, -0.2) is 0 Å². The summed E-state index contributed by atoms with van der Waals surface area (Å²) in [6.45, 7) is 0. The molecule has 2 aromatic rings. The van der Waals surface area contributed by atoms with Gasteiger partial charge in [-0.05, 0) is 24.3 Å². The average molecular weight is 306 g/mol. The van der Waals surface area contributed by atoms with Gasteiger partial charge in [-0.15, -0.1) is 0 Å². The molecule has 2 aromatic carbocycles. The first kappa shape index (κ1) is 17.4. The number of rotatable bonds is 0. The van der Waals surface area contributed by atoms with Crippen LogP contribution in [-0.4, -0.2) is 0 Å². The second kappa shape index (κ2) is 8.62. The fraction of sp³-hybridized carbons (Fsp3) is 0. The topological polar surface area (TPSA) is 143 Å². The van der Waals surface area contributed by atoms with Crippen molar-refractivity contribution in [2.24, 2.45) is 0 Å². The summed E-state index contributed by atoms with van der Waals surface area (Å²) in [7, 11) is 0. The van der Waals surface area contributed by atoms with Gasteiger partial charge in [0.2, 0.25) is 0 Å². The van der Waals surface area contributed by atoms with Crippen LogP contribution in [0.25, 0.3) is 0 Å². The van der Waals surface area contributed by atoms with E-state index in [0.29, 0.717) is 0 Å². The Kier molecular flexibility index (Phi) is 6.26. The molecule has 0 aliphatic carbocycles. The van der Waals surface area contributed by atoms with E-state index in [1.165, 1.54) is 24.3 Å². The van der Waals surface area contributed by atoms with Crippen molar-refractivity contribution >= 4 is 0 Å². The van der Waals surface area contributed by atoms with Crippen molar-refractivity contribution in [3.8, 4) is 36.4 Å². The van der Waals surface area contributed by atoms with Gasteiger partial charge in [0.15, 0.2) is 0 Å². The van der Waals surface area contributed by atoms with Crippen molar-refractivity contribution in [2.75, 3.05) is 0 Å². The van der Waals surface area contributed by atoms with E-state index in [9.17, 15) is 0 Å². The first-order valence-electron chi connectivity index (χ1n) is 6.33. The summed E-state index contributed by atoms with van der Waals surface area (Å²) in [5, 5.41) is 51.5. The molecule has 0 atom stereocenters. The molecule has 0 aliphatic rings. The van der Waals surface area contributed by atoms with E-state index in [-0.39, 0.29) is 33.4 Å². The van der Waals surface area contributed by atoms with Gasteiger partial charge in [-0.3, -0.25) is 0 Å². The summed E-state index contributed by atoms with van der Waals surface area (Å²) < 4.78 is 0. The molecule has 0 spiro atoms. The molecule has 0 saturated carbocycles. The molecule has 0 heterocycles. The van der Waals surface area contributed by atoms with Crippen LogP contribution in [0.4, 0.5) is 0 Å². The molecule has 0 fully saturated rings. The van der Waals surface area contributed by atoms with E-state index in [0.717, 1.165) is 0 Å². The summed E-state index contributed by atoms with van der Waals surface area (Å²) in [5.74, 6) is 0. The predicted octanol–water partition coefficient (Wildman–Crippen LogP) is 2.60. The third-order valence-electron chi connectivity index (χ3n) is 2.83. The van der Waals surface area contributed by atoms with E-state index in [1.54, 1.807) is 12.1 Å². The molecule has 2 rings (SSSR count). The van der Waals surface area contributed by atoms with Crippen LogP contribution in [-0.2, 0) is 0 Å². The first-order chi connectivity index (χ1) is 11.7. The number of benzene rings is 2. The van der Waals surface area contributed by atoms with Crippen LogP contribution < -0.4 is 0 Å². The molecule has 0 aromatic heterocycles. The minimum Gasteiger partial charge on any atom is -0.192 e. The van der Waals surface area contributed by atoms with Crippen molar-refractivity contribution in [3.05, 3.63) is 69.8 Å². The molecule has 6 heteroatoms. The largest absolute Gasteiger partial charge is 0.192 e. The van der Waals surface area contributed by atoms with Gasteiger partial charge < -0.3 is 0 Å². The van der Waals surface area contributed by atoms with Crippen LogP contribution in [0.15, 0.2) is 36.4 Å². The molecule has 0 unspecified atom stereocenters. The number of nitrogens with zero attached hydrogens (tertiary/aromatic N) is 6. The SMILES string of the molecule is N#Cc1cccc(C#N)c1C#N.N#Cc1cccc(C#N)c1C#N. The van der Waals surface area contributed by atoms with Crippen LogP contribution in [0.5, 0.6) is 0 Å². The van der Waals surface area contributed by atoms with Gasteiger partial charge in [-0.2, -0.15) is 31.6 Å². The van der Waals surface area contributed by atoms with Gasteiger partial charge in [0.25, 0.3) is 0 Å². The molecule has 0 aliphatic heterocycles. The second-order valence-electron chi connectivity index (χ2n) is 4.13. The van der Waals surface area contributed by atoms with E-state index < -0.39 is 0 Å². The minimum atomic E-state index is 0.155. The van der Waals surface area contributed by atoms with Crippen molar-refractivity contribution in [3.63, 3.8) is 0 Å². The fourth-order valence-corrected chi connectivity index (χ4v) is 1.72.